The van der Waals surface area contributed by atoms with Crippen LogP contribution in [-0.2, 0) is 4.57 Å². The molecule has 0 spiro atoms. The van der Waals surface area contributed by atoms with Gasteiger partial charge in [0, 0.05) is 6.16 Å². The van der Waals surface area contributed by atoms with Gasteiger partial charge < -0.3 is 10.00 Å². The van der Waals surface area contributed by atoms with Gasteiger partial charge in [-0.2, -0.15) is 0 Å². The van der Waals surface area contributed by atoms with Crippen molar-refractivity contribution in [2.45, 2.75) is 32.5 Å². The second-order valence-electron chi connectivity index (χ2n) is 2.37. The zero-order valence-electron chi connectivity index (χ0n) is 6.45. The number of hydrogen-bond acceptors (Lipinski definition) is 2. The average molecular weight is 166 g/mol. The lowest BCUT2D eigenvalue weighted by Gasteiger charge is -2.15. The summed E-state index contributed by atoms with van der Waals surface area (Å²) in [4.78, 5) is 9.09. The summed E-state index contributed by atoms with van der Waals surface area (Å²) in [6, 6.07) is 0. The molecular formula is C6H15O3P. The molecule has 0 aromatic carbocycles. The van der Waals surface area contributed by atoms with Crippen molar-refractivity contribution < 1.29 is 14.6 Å². The molecule has 0 aromatic heterocycles. The van der Waals surface area contributed by atoms with E-state index >= 15 is 0 Å². The van der Waals surface area contributed by atoms with Gasteiger partial charge in [-0.1, -0.05) is 13.8 Å². The third-order valence-electron chi connectivity index (χ3n) is 1.37. The zero-order chi connectivity index (χ0) is 8.20. The second-order valence-corrected chi connectivity index (χ2v) is 4.92. The SMILES string of the molecule is CCCP(=O)(O)C(O)CC. The summed E-state index contributed by atoms with van der Waals surface area (Å²) in [5.41, 5.74) is 0. The Kier molecular flexibility index (Phi) is 4.18. The Balaban J connectivity index is 3.97. The molecule has 0 aliphatic carbocycles. The fourth-order valence-corrected chi connectivity index (χ4v) is 2.26. The molecule has 2 unspecified atom stereocenters. The molecule has 0 bridgehead atoms. The first-order chi connectivity index (χ1) is 4.54. The van der Waals surface area contributed by atoms with Crippen LogP contribution in [0.3, 0.4) is 0 Å². The topological polar surface area (TPSA) is 57.5 Å². The Labute approximate surface area is 61.5 Å². The highest BCUT2D eigenvalue weighted by atomic mass is 31.2. The molecule has 0 aliphatic rings. The van der Waals surface area contributed by atoms with Gasteiger partial charge in [0.05, 0.1) is 0 Å². The van der Waals surface area contributed by atoms with E-state index in [9.17, 15) is 4.57 Å². The summed E-state index contributed by atoms with van der Waals surface area (Å²) in [6.45, 7) is 3.52. The Bertz CT molecular complexity index is 135. The second kappa shape index (κ2) is 4.12. The van der Waals surface area contributed by atoms with E-state index in [0.29, 0.717) is 12.8 Å². The van der Waals surface area contributed by atoms with Crippen LogP contribution in [0.1, 0.15) is 26.7 Å². The molecule has 0 radical (unpaired) electrons. The standard InChI is InChI=1S/C6H15O3P/c1-3-5-10(8,9)6(7)4-2/h6-7H,3-5H2,1-2H3,(H,8,9). The van der Waals surface area contributed by atoms with E-state index in [1.807, 2.05) is 6.92 Å². The lowest BCUT2D eigenvalue weighted by molar-refractivity contribution is 0.226. The van der Waals surface area contributed by atoms with Gasteiger partial charge in [-0.05, 0) is 12.8 Å². The van der Waals surface area contributed by atoms with Crippen LogP contribution < -0.4 is 0 Å². The van der Waals surface area contributed by atoms with Gasteiger partial charge in [-0.3, -0.25) is 4.57 Å². The molecule has 2 N–H and O–H groups in total. The van der Waals surface area contributed by atoms with Crippen molar-refractivity contribution in [3.8, 4) is 0 Å². The molecular weight excluding hydrogens is 151 g/mol. The fraction of sp³-hybridized carbons (Fsp3) is 1.00. The van der Waals surface area contributed by atoms with E-state index in [0.717, 1.165) is 0 Å². The van der Waals surface area contributed by atoms with E-state index in [-0.39, 0.29) is 6.16 Å². The fourth-order valence-electron chi connectivity index (χ4n) is 0.755. The Morgan fingerprint density at radius 1 is 1.50 bits per heavy atom. The predicted octanol–water partition coefficient (Wildman–Crippen LogP) is 1.40. The van der Waals surface area contributed by atoms with Crippen LogP contribution in [0.5, 0.6) is 0 Å². The first-order valence-electron chi connectivity index (χ1n) is 3.54. The van der Waals surface area contributed by atoms with Crippen LogP contribution in [0.15, 0.2) is 0 Å². The van der Waals surface area contributed by atoms with Gasteiger partial charge in [0.1, 0.15) is 5.85 Å². The molecule has 0 aromatic rings. The highest BCUT2D eigenvalue weighted by Gasteiger charge is 2.25. The highest BCUT2D eigenvalue weighted by Crippen LogP contribution is 2.46. The summed E-state index contributed by atoms with van der Waals surface area (Å²) < 4.78 is 11.1. The van der Waals surface area contributed by atoms with Crippen LogP contribution in [-0.4, -0.2) is 22.0 Å². The van der Waals surface area contributed by atoms with Gasteiger partial charge in [0.25, 0.3) is 0 Å². The zero-order valence-corrected chi connectivity index (χ0v) is 7.34. The maximum Gasteiger partial charge on any atom is 0.228 e. The van der Waals surface area contributed by atoms with Gasteiger partial charge >= 0.3 is 0 Å². The van der Waals surface area contributed by atoms with Crippen LogP contribution in [0.4, 0.5) is 0 Å². The van der Waals surface area contributed by atoms with Gasteiger partial charge in [0.2, 0.25) is 7.37 Å². The number of rotatable bonds is 4. The van der Waals surface area contributed by atoms with Crippen LogP contribution in [0.2, 0.25) is 0 Å². The molecule has 0 saturated carbocycles. The smallest absolute Gasteiger partial charge is 0.228 e. The van der Waals surface area contributed by atoms with E-state index in [1.54, 1.807) is 6.92 Å². The summed E-state index contributed by atoms with van der Waals surface area (Å²) in [7, 11) is -3.23. The first-order valence-corrected chi connectivity index (χ1v) is 5.45. The third kappa shape index (κ3) is 2.82. The lowest BCUT2D eigenvalue weighted by Crippen LogP contribution is -2.07. The van der Waals surface area contributed by atoms with Crippen molar-refractivity contribution in [1.82, 2.24) is 0 Å². The summed E-state index contributed by atoms with van der Waals surface area (Å²) >= 11 is 0. The molecule has 0 rings (SSSR count). The normalized spacial score (nSPS) is 20.0. The monoisotopic (exact) mass is 166 g/mol. The van der Waals surface area contributed by atoms with Crippen molar-refractivity contribution in [2.24, 2.45) is 0 Å². The summed E-state index contributed by atoms with van der Waals surface area (Å²) in [5.74, 6) is -1.02. The number of aliphatic hydroxyl groups excluding tert-OH is 1. The third-order valence-corrected chi connectivity index (χ3v) is 3.76. The van der Waals surface area contributed by atoms with Crippen molar-refractivity contribution in [3.63, 3.8) is 0 Å². The number of hydrogen-bond donors (Lipinski definition) is 2. The lowest BCUT2D eigenvalue weighted by atomic mass is 10.5. The largest absolute Gasteiger partial charge is 0.383 e. The van der Waals surface area contributed by atoms with Crippen LogP contribution >= 0.6 is 7.37 Å². The van der Waals surface area contributed by atoms with Gasteiger partial charge in [-0.25, -0.2) is 0 Å². The van der Waals surface area contributed by atoms with E-state index < -0.39 is 13.2 Å². The Hall–Kier alpha value is 0.150. The summed E-state index contributed by atoms with van der Waals surface area (Å²) in [5, 5.41) is 9.00. The molecule has 0 fully saturated rings. The van der Waals surface area contributed by atoms with Crippen molar-refractivity contribution in [1.29, 1.82) is 0 Å². The van der Waals surface area contributed by atoms with Crippen LogP contribution in [0.25, 0.3) is 0 Å². The maximum atomic E-state index is 11.1. The van der Waals surface area contributed by atoms with Crippen molar-refractivity contribution >= 4 is 7.37 Å². The molecule has 0 aliphatic heterocycles. The minimum absolute atomic E-state index is 0.224. The minimum atomic E-state index is -3.23. The molecule has 62 valence electrons. The molecule has 0 saturated heterocycles. The molecule has 3 nitrogen and oxygen atoms in total. The van der Waals surface area contributed by atoms with E-state index in [1.165, 1.54) is 0 Å². The molecule has 0 heterocycles. The highest BCUT2D eigenvalue weighted by molar-refractivity contribution is 7.58. The van der Waals surface area contributed by atoms with Crippen molar-refractivity contribution in [3.05, 3.63) is 0 Å². The molecule has 0 amide bonds. The predicted molar refractivity (Wildman–Crippen MR) is 41.3 cm³/mol. The average Bonchev–Trinajstić information content (AvgIpc) is 1.86. The first kappa shape index (κ1) is 10.2. The summed E-state index contributed by atoms with van der Waals surface area (Å²) in [6.07, 6.45) is 1.22. The van der Waals surface area contributed by atoms with Crippen LogP contribution in [0, 0.1) is 0 Å². The Morgan fingerprint density at radius 2 is 2.00 bits per heavy atom. The molecule has 4 heteroatoms. The quantitative estimate of drug-likeness (QED) is 0.620. The molecule has 2 atom stereocenters. The van der Waals surface area contributed by atoms with E-state index in [2.05, 4.69) is 0 Å². The van der Waals surface area contributed by atoms with Gasteiger partial charge in [-0.15, -0.1) is 0 Å². The minimum Gasteiger partial charge on any atom is -0.383 e. The number of aliphatic hydroxyl groups is 1. The van der Waals surface area contributed by atoms with E-state index in [4.69, 9.17) is 10.00 Å². The molecule has 10 heavy (non-hydrogen) atoms. The van der Waals surface area contributed by atoms with Gasteiger partial charge in [0.15, 0.2) is 0 Å². The maximum absolute atomic E-state index is 11.1. The Morgan fingerprint density at radius 3 is 2.30 bits per heavy atom. The van der Waals surface area contributed by atoms with Crippen molar-refractivity contribution in [2.75, 3.05) is 6.16 Å².